The van der Waals surface area contributed by atoms with E-state index in [1.165, 1.54) is 31.2 Å². The fourth-order valence-electron chi connectivity index (χ4n) is 3.48. The Morgan fingerprint density at radius 1 is 1.33 bits per heavy atom. The molecule has 0 saturated heterocycles. The molecule has 21 heavy (non-hydrogen) atoms. The van der Waals surface area contributed by atoms with Crippen molar-refractivity contribution in [3.8, 4) is 6.07 Å². The normalized spacial score (nSPS) is 19.9. The van der Waals surface area contributed by atoms with Crippen molar-refractivity contribution in [1.82, 2.24) is 9.30 Å². The number of pyridine rings is 1. The first kappa shape index (κ1) is 12.9. The summed E-state index contributed by atoms with van der Waals surface area (Å²) in [4.78, 5) is 2.65. The Hall–Kier alpha value is -1.79. The van der Waals surface area contributed by atoms with Crippen LogP contribution < -0.4 is 0 Å². The van der Waals surface area contributed by atoms with Crippen molar-refractivity contribution in [3.63, 3.8) is 0 Å². The summed E-state index contributed by atoms with van der Waals surface area (Å²) in [6.45, 7) is 3.30. The highest BCUT2D eigenvalue weighted by molar-refractivity contribution is 5.65. The average molecular weight is 279 g/mol. The molecule has 0 bridgehead atoms. The molecule has 3 nitrogen and oxygen atoms in total. The molecule has 0 amide bonds. The Morgan fingerprint density at radius 2 is 2.14 bits per heavy atom. The van der Waals surface area contributed by atoms with Gasteiger partial charge in [-0.3, -0.25) is 4.90 Å². The summed E-state index contributed by atoms with van der Waals surface area (Å²) in [5.41, 5.74) is 3.07. The third-order valence-electron chi connectivity index (χ3n) is 5.07. The minimum atomic E-state index is 0.659. The van der Waals surface area contributed by atoms with Crippen molar-refractivity contribution >= 4 is 5.52 Å². The minimum Gasteiger partial charge on any atom is -0.322 e. The van der Waals surface area contributed by atoms with Crippen molar-refractivity contribution in [3.05, 3.63) is 41.7 Å². The molecule has 0 N–H and O–H groups in total. The SMILES string of the molecule is CC(C1CC1)N(Cc1cn2ccccc2c1C#N)C1CC1. The summed E-state index contributed by atoms with van der Waals surface area (Å²) in [5, 5.41) is 9.55. The fraction of sp³-hybridized carbons (Fsp3) is 0.500. The zero-order chi connectivity index (χ0) is 14.4. The molecule has 2 fully saturated rings. The van der Waals surface area contributed by atoms with Gasteiger partial charge in [0.05, 0.1) is 11.1 Å². The summed E-state index contributed by atoms with van der Waals surface area (Å²) < 4.78 is 2.08. The molecular formula is C18H21N3. The summed E-state index contributed by atoms with van der Waals surface area (Å²) in [6, 6.07) is 9.88. The summed E-state index contributed by atoms with van der Waals surface area (Å²) in [6.07, 6.45) is 9.59. The predicted octanol–water partition coefficient (Wildman–Crippen LogP) is 3.57. The molecule has 3 heteroatoms. The van der Waals surface area contributed by atoms with Crippen LogP contribution in [-0.2, 0) is 6.54 Å². The number of rotatable bonds is 5. The van der Waals surface area contributed by atoms with E-state index in [0.29, 0.717) is 6.04 Å². The number of hydrogen-bond acceptors (Lipinski definition) is 2. The topological polar surface area (TPSA) is 31.4 Å². The quantitative estimate of drug-likeness (QED) is 0.838. The molecule has 108 valence electrons. The lowest BCUT2D eigenvalue weighted by Crippen LogP contribution is -2.36. The van der Waals surface area contributed by atoms with Crippen LogP contribution in [0, 0.1) is 17.2 Å². The average Bonchev–Trinajstić information content (AvgIpc) is 3.38. The first-order chi connectivity index (χ1) is 10.3. The Bertz CT molecular complexity index is 701. The van der Waals surface area contributed by atoms with E-state index < -0.39 is 0 Å². The third-order valence-corrected chi connectivity index (χ3v) is 5.07. The molecule has 0 aromatic carbocycles. The molecule has 2 saturated carbocycles. The van der Waals surface area contributed by atoms with Gasteiger partial charge in [0, 0.05) is 36.6 Å². The van der Waals surface area contributed by atoms with E-state index >= 15 is 0 Å². The van der Waals surface area contributed by atoms with Crippen LogP contribution in [0.15, 0.2) is 30.6 Å². The molecular weight excluding hydrogens is 258 g/mol. The molecule has 4 rings (SSSR count). The van der Waals surface area contributed by atoms with E-state index in [1.54, 1.807) is 0 Å². The lowest BCUT2D eigenvalue weighted by molar-refractivity contribution is 0.170. The van der Waals surface area contributed by atoms with Gasteiger partial charge < -0.3 is 4.40 Å². The van der Waals surface area contributed by atoms with Gasteiger partial charge in [0.2, 0.25) is 0 Å². The Morgan fingerprint density at radius 3 is 2.81 bits per heavy atom. The standard InChI is InChI=1S/C18H21N3/c1-13(14-5-6-14)21(16-7-8-16)12-15-11-20-9-3-2-4-18(20)17(15)10-19/h2-4,9,11,13-14,16H,5-8,12H2,1H3. The van der Waals surface area contributed by atoms with Gasteiger partial charge in [-0.25, -0.2) is 0 Å². The van der Waals surface area contributed by atoms with Crippen LogP contribution in [0.3, 0.4) is 0 Å². The van der Waals surface area contributed by atoms with Crippen LogP contribution in [0.2, 0.25) is 0 Å². The van der Waals surface area contributed by atoms with E-state index in [4.69, 9.17) is 0 Å². The molecule has 1 unspecified atom stereocenters. The zero-order valence-corrected chi connectivity index (χ0v) is 12.5. The molecule has 0 aliphatic heterocycles. The first-order valence-electron chi connectivity index (χ1n) is 8.02. The molecule has 2 aliphatic rings. The highest BCUT2D eigenvalue weighted by Gasteiger charge is 2.39. The number of hydrogen-bond donors (Lipinski definition) is 0. The molecule has 2 heterocycles. The molecule has 2 aromatic rings. The second-order valence-corrected chi connectivity index (χ2v) is 6.62. The van der Waals surface area contributed by atoms with Crippen molar-refractivity contribution in [2.75, 3.05) is 0 Å². The molecule has 0 spiro atoms. The van der Waals surface area contributed by atoms with Gasteiger partial charge in [0.1, 0.15) is 6.07 Å². The van der Waals surface area contributed by atoms with Crippen LogP contribution >= 0.6 is 0 Å². The lowest BCUT2D eigenvalue weighted by atomic mass is 10.1. The number of nitrogens with zero attached hydrogens (tertiary/aromatic N) is 3. The van der Waals surface area contributed by atoms with Crippen molar-refractivity contribution in [1.29, 1.82) is 5.26 Å². The number of aromatic nitrogens is 1. The number of nitriles is 1. The predicted molar refractivity (Wildman–Crippen MR) is 82.9 cm³/mol. The monoisotopic (exact) mass is 279 g/mol. The van der Waals surface area contributed by atoms with Crippen molar-refractivity contribution < 1.29 is 0 Å². The second kappa shape index (κ2) is 4.89. The maximum Gasteiger partial charge on any atom is 0.102 e. The smallest absolute Gasteiger partial charge is 0.102 e. The fourth-order valence-corrected chi connectivity index (χ4v) is 3.48. The van der Waals surface area contributed by atoms with Gasteiger partial charge in [0.25, 0.3) is 0 Å². The van der Waals surface area contributed by atoms with Gasteiger partial charge in [-0.05, 0) is 50.7 Å². The van der Waals surface area contributed by atoms with Crippen molar-refractivity contribution in [2.45, 2.75) is 51.2 Å². The molecule has 1 atom stereocenters. The molecule has 2 aromatic heterocycles. The molecule has 0 radical (unpaired) electrons. The highest BCUT2D eigenvalue weighted by atomic mass is 15.2. The zero-order valence-electron chi connectivity index (χ0n) is 12.5. The Kier molecular flexibility index (Phi) is 3.01. The maximum atomic E-state index is 9.55. The van der Waals surface area contributed by atoms with E-state index in [0.717, 1.165) is 29.6 Å². The minimum absolute atomic E-state index is 0.659. The molecule has 2 aliphatic carbocycles. The van der Waals surface area contributed by atoms with E-state index in [9.17, 15) is 5.26 Å². The third kappa shape index (κ3) is 2.34. The Balaban J connectivity index is 1.67. The van der Waals surface area contributed by atoms with Gasteiger partial charge in [-0.1, -0.05) is 6.07 Å². The van der Waals surface area contributed by atoms with Gasteiger partial charge >= 0.3 is 0 Å². The van der Waals surface area contributed by atoms with Crippen LogP contribution in [0.4, 0.5) is 0 Å². The van der Waals surface area contributed by atoms with Crippen LogP contribution in [0.1, 0.15) is 43.7 Å². The maximum absolute atomic E-state index is 9.55. The van der Waals surface area contributed by atoms with Crippen LogP contribution in [0.5, 0.6) is 0 Å². The van der Waals surface area contributed by atoms with E-state index in [2.05, 4.69) is 28.5 Å². The van der Waals surface area contributed by atoms with E-state index in [-0.39, 0.29) is 0 Å². The van der Waals surface area contributed by atoms with Crippen LogP contribution in [-0.4, -0.2) is 21.4 Å². The Labute approximate surface area is 125 Å². The number of fused-ring (bicyclic) bond motifs is 1. The summed E-state index contributed by atoms with van der Waals surface area (Å²) in [7, 11) is 0. The van der Waals surface area contributed by atoms with Gasteiger partial charge in [-0.15, -0.1) is 0 Å². The largest absolute Gasteiger partial charge is 0.322 e. The van der Waals surface area contributed by atoms with Crippen molar-refractivity contribution in [2.24, 2.45) is 5.92 Å². The van der Waals surface area contributed by atoms with Gasteiger partial charge in [-0.2, -0.15) is 5.26 Å². The lowest BCUT2D eigenvalue weighted by Gasteiger charge is -2.29. The van der Waals surface area contributed by atoms with Crippen LogP contribution in [0.25, 0.3) is 5.52 Å². The summed E-state index contributed by atoms with van der Waals surface area (Å²) >= 11 is 0. The second-order valence-electron chi connectivity index (χ2n) is 6.62. The highest BCUT2D eigenvalue weighted by Crippen LogP contribution is 2.40. The first-order valence-corrected chi connectivity index (χ1v) is 8.02. The van der Waals surface area contributed by atoms with E-state index in [1.807, 2.05) is 24.4 Å². The van der Waals surface area contributed by atoms with Gasteiger partial charge in [0.15, 0.2) is 0 Å². The summed E-state index contributed by atoms with van der Waals surface area (Å²) in [5.74, 6) is 0.883.